The standard InChI is InChI=1S/C42H68N2.Ni/c1-6-11-16-17-18-19-20-21-22-23-28-42(44-41-32-30-37(25-13-8-3)39(34-41)27-15-10-5)35-43-40-31-29-36(24-12-7-2)38(33-40)26-14-9-4;/h29-35H,6-28H2,1-5H3;/b43-35+,44-42+;. The Morgan fingerprint density at radius 2 is 0.867 bits per heavy atom. The Kier molecular flexibility index (Phi) is 25.1. The molecule has 2 aromatic carbocycles. The van der Waals surface area contributed by atoms with E-state index in [4.69, 9.17) is 9.98 Å². The van der Waals surface area contributed by atoms with Gasteiger partial charge < -0.3 is 0 Å². The molecular formula is C42H68N2Ni. The first-order valence-electron chi connectivity index (χ1n) is 19.0. The van der Waals surface area contributed by atoms with Gasteiger partial charge in [0.15, 0.2) is 0 Å². The molecule has 0 unspecified atom stereocenters. The summed E-state index contributed by atoms with van der Waals surface area (Å²) in [6.07, 6.45) is 31.3. The van der Waals surface area contributed by atoms with E-state index in [1.54, 1.807) is 0 Å². The molecule has 256 valence electrons. The molecule has 0 aliphatic rings. The van der Waals surface area contributed by atoms with Crippen molar-refractivity contribution < 1.29 is 16.5 Å². The van der Waals surface area contributed by atoms with Crippen LogP contribution in [0.25, 0.3) is 0 Å². The van der Waals surface area contributed by atoms with Crippen molar-refractivity contribution in [2.24, 2.45) is 9.98 Å². The largest absolute Gasteiger partial charge is 0.255 e. The van der Waals surface area contributed by atoms with E-state index in [2.05, 4.69) is 77.2 Å². The number of unbranched alkanes of at least 4 members (excludes halogenated alkanes) is 13. The van der Waals surface area contributed by atoms with Crippen LogP contribution in [0.1, 0.15) is 179 Å². The van der Waals surface area contributed by atoms with Crippen LogP contribution in [0.15, 0.2) is 46.4 Å². The van der Waals surface area contributed by atoms with Gasteiger partial charge in [0.1, 0.15) is 0 Å². The summed E-state index contributed by atoms with van der Waals surface area (Å²) in [4.78, 5) is 10.3. The van der Waals surface area contributed by atoms with E-state index in [1.807, 2.05) is 0 Å². The van der Waals surface area contributed by atoms with Crippen molar-refractivity contribution in [3.63, 3.8) is 0 Å². The number of benzene rings is 2. The van der Waals surface area contributed by atoms with Crippen LogP contribution in [-0.4, -0.2) is 11.9 Å². The van der Waals surface area contributed by atoms with Crippen molar-refractivity contribution in [3.8, 4) is 0 Å². The number of hydrogen-bond acceptors (Lipinski definition) is 2. The summed E-state index contributed by atoms with van der Waals surface area (Å²) < 4.78 is 0. The fraction of sp³-hybridized carbons (Fsp3) is 0.667. The third-order valence-electron chi connectivity index (χ3n) is 9.00. The monoisotopic (exact) mass is 658 g/mol. The Morgan fingerprint density at radius 1 is 0.467 bits per heavy atom. The molecule has 0 aromatic heterocycles. The molecule has 0 atom stereocenters. The maximum absolute atomic E-state index is 5.24. The first-order chi connectivity index (χ1) is 21.6. The van der Waals surface area contributed by atoms with Crippen LogP contribution in [0.3, 0.4) is 0 Å². The van der Waals surface area contributed by atoms with E-state index in [0.29, 0.717) is 0 Å². The molecule has 2 aromatic rings. The predicted octanol–water partition coefficient (Wildman–Crippen LogP) is 13.8. The minimum atomic E-state index is 0. The Balaban J connectivity index is 0.0000101. The predicted molar refractivity (Wildman–Crippen MR) is 199 cm³/mol. The molecule has 0 N–H and O–H groups in total. The molecule has 3 heteroatoms. The average molecular weight is 660 g/mol. The summed E-state index contributed by atoms with van der Waals surface area (Å²) in [5, 5.41) is 0. The van der Waals surface area contributed by atoms with E-state index >= 15 is 0 Å². The van der Waals surface area contributed by atoms with E-state index in [-0.39, 0.29) is 16.5 Å². The molecular weight excluding hydrogens is 591 g/mol. The third kappa shape index (κ3) is 18.3. The summed E-state index contributed by atoms with van der Waals surface area (Å²) in [6.45, 7) is 11.4. The SMILES string of the molecule is CCCCCCCCCCCCC(/C=N/c1ccc(CCCC)c(CCCC)c1)=N\c1ccc(CCCC)c(CCCC)c1.[Ni]. The summed E-state index contributed by atoms with van der Waals surface area (Å²) in [5.74, 6) is 0. The molecule has 0 fully saturated rings. The van der Waals surface area contributed by atoms with Crippen LogP contribution in [-0.2, 0) is 42.2 Å². The quantitative estimate of drug-likeness (QED) is 0.0546. The van der Waals surface area contributed by atoms with Gasteiger partial charge in [0.2, 0.25) is 0 Å². The van der Waals surface area contributed by atoms with Crippen molar-refractivity contribution in [2.45, 2.75) is 182 Å². The van der Waals surface area contributed by atoms with Crippen molar-refractivity contribution >= 4 is 23.3 Å². The van der Waals surface area contributed by atoms with Crippen molar-refractivity contribution in [2.75, 3.05) is 0 Å². The fourth-order valence-electron chi connectivity index (χ4n) is 6.05. The number of nitrogens with zero attached hydrogens (tertiary/aromatic N) is 2. The Bertz CT molecular complexity index is 1070. The van der Waals surface area contributed by atoms with Crippen molar-refractivity contribution in [1.82, 2.24) is 0 Å². The number of hydrogen-bond donors (Lipinski definition) is 0. The van der Waals surface area contributed by atoms with E-state index in [1.165, 1.54) is 151 Å². The maximum Gasteiger partial charge on any atom is 0.0636 e. The second-order valence-electron chi connectivity index (χ2n) is 13.1. The second-order valence-corrected chi connectivity index (χ2v) is 13.1. The Hall–Kier alpha value is -1.73. The summed E-state index contributed by atoms with van der Waals surface area (Å²) in [7, 11) is 0. The Morgan fingerprint density at radius 3 is 1.36 bits per heavy atom. The molecule has 2 rings (SSSR count). The smallest absolute Gasteiger partial charge is 0.0636 e. The van der Waals surface area contributed by atoms with Crippen LogP contribution < -0.4 is 0 Å². The van der Waals surface area contributed by atoms with Gasteiger partial charge in [0.25, 0.3) is 0 Å². The van der Waals surface area contributed by atoms with Crippen LogP contribution in [0.5, 0.6) is 0 Å². The molecule has 2 nitrogen and oxygen atoms in total. The van der Waals surface area contributed by atoms with E-state index in [0.717, 1.165) is 36.3 Å². The van der Waals surface area contributed by atoms with Crippen LogP contribution in [0, 0.1) is 0 Å². The zero-order chi connectivity index (χ0) is 31.7. The van der Waals surface area contributed by atoms with Gasteiger partial charge >= 0.3 is 0 Å². The summed E-state index contributed by atoms with van der Waals surface area (Å²) in [5.41, 5.74) is 9.33. The topological polar surface area (TPSA) is 24.7 Å². The van der Waals surface area contributed by atoms with Gasteiger partial charge in [-0.25, -0.2) is 0 Å². The van der Waals surface area contributed by atoms with Gasteiger partial charge in [-0.1, -0.05) is 130 Å². The molecule has 0 heterocycles. The van der Waals surface area contributed by atoms with Crippen LogP contribution in [0.2, 0.25) is 0 Å². The number of aliphatic imine (C=N–C) groups is 2. The molecule has 0 saturated carbocycles. The summed E-state index contributed by atoms with van der Waals surface area (Å²) in [6, 6.07) is 13.9. The van der Waals surface area contributed by atoms with Crippen LogP contribution in [0.4, 0.5) is 11.4 Å². The normalized spacial score (nSPS) is 11.8. The van der Waals surface area contributed by atoms with E-state index < -0.39 is 0 Å². The van der Waals surface area contributed by atoms with Crippen LogP contribution >= 0.6 is 0 Å². The first-order valence-corrected chi connectivity index (χ1v) is 19.0. The minimum absolute atomic E-state index is 0. The van der Waals surface area contributed by atoms with Gasteiger partial charge in [0.05, 0.1) is 17.1 Å². The van der Waals surface area contributed by atoms with Gasteiger partial charge in [-0.15, -0.1) is 0 Å². The molecule has 0 spiro atoms. The van der Waals surface area contributed by atoms with Gasteiger partial charge in [-0.2, -0.15) is 0 Å². The maximum atomic E-state index is 5.24. The zero-order valence-corrected chi connectivity index (χ0v) is 31.0. The average Bonchev–Trinajstić information content (AvgIpc) is 3.04. The molecule has 0 saturated heterocycles. The van der Waals surface area contributed by atoms with Gasteiger partial charge in [-0.05, 0) is 111 Å². The summed E-state index contributed by atoms with van der Waals surface area (Å²) >= 11 is 0. The molecule has 45 heavy (non-hydrogen) atoms. The van der Waals surface area contributed by atoms with Gasteiger partial charge in [-0.3, -0.25) is 9.98 Å². The minimum Gasteiger partial charge on any atom is -0.255 e. The molecule has 0 aliphatic carbocycles. The van der Waals surface area contributed by atoms with Crippen molar-refractivity contribution in [3.05, 3.63) is 58.7 Å². The first kappa shape index (κ1) is 41.3. The fourth-order valence-corrected chi connectivity index (χ4v) is 6.05. The molecule has 0 aliphatic heterocycles. The number of rotatable bonds is 26. The molecule has 0 radical (unpaired) electrons. The third-order valence-corrected chi connectivity index (χ3v) is 9.00. The van der Waals surface area contributed by atoms with Gasteiger partial charge in [0, 0.05) is 22.7 Å². The van der Waals surface area contributed by atoms with Crippen molar-refractivity contribution in [1.29, 1.82) is 0 Å². The number of aryl methyl sites for hydroxylation is 4. The Labute approximate surface area is 289 Å². The molecule has 0 bridgehead atoms. The second kappa shape index (κ2) is 27.4. The van der Waals surface area contributed by atoms with E-state index in [9.17, 15) is 0 Å². The molecule has 0 amide bonds. The zero-order valence-electron chi connectivity index (χ0n) is 30.0.